The molecule has 0 spiro atoms. The first kappa shape index (κ1) is 18.9. The van der Waals surface area contributed by atoms with Gasteiger partial charge in [-0.25, -0.2) is 0 Å². The maximum absolute atomic E-state index is 12.3. The first-order valence-corrected chi connectivity index (χ1v) is 8.56. The first-order valence-electron chi connectivity index (χ1n) is 8.56. The molecule has 7 nitrogen and oxygen atoms in total. The van der Waals surface area contributed by atoms with Crippen LogP contribution in [0.1, 0.15) is 30.9 Å². The SMILES string of the molecule is CCOC(=O)C1CCCN(C(=O)C(=O)NCc2cccc(CN)c2)C1. The number of benzene rings is 1. The van der Waals surface area contributed by atoms with Gasteiger partial charge in [-0.1, -0.05) is 24.3 Å². The molecule has 1 saturated heterocycles. The van der Waals surface area contributed by atoms with E-state index >= 15 is 0 Å². The van der Waals surface area contributed by atoms with Crippen molar-refractivity contribution >= 4 is 17.8 Å². The third-order valence-electron chi connectivity index (χ3n) is 4.20. The van der Waals surface area contributed by atoms with Crippen LogP contribution in [0.25, 0.3) is 0 Å². The lowest BCUT2D eigenvalue weighted by molar-refractivity contribution is -0.154. The predicted molar refractivity (Wildman–Crippen MR) is 92.1 cm³/mol. The molecule has 0 bridgehead atoms. The summed E-state index contributed by atoms with van der Waals surface area (Å²) in [5.74, 6) is -1.93. The minimum absolute atomic E-state index is 0.230. The Morgan fingerprint density at radius 1 is 1.32 bits per heavy atom. The predicted octanol–water partition coefficient (Wildman–Crippen LogP) is 0.563. The van der Waals surface area contributed by atoms with Gasteiger partial charge in [0.2, 0.25) is 0 Å². The second-order valence-corrected chi connectivity index (χ2v) is 6.05. The van der Waals surface area contributed by atoms with Gasteiger partial charge in [0.25, 0.3) is 0 Å². The molecule has 1 unspecified atom stereocenters. The largest absolute Gasteiger partial charge is 0.466 e. The van der Waals surface area contributed by atoms with Crippen molar-refractivity contribution in [3.05, 3.63) is 35.4 Å². The molecule has 25 heavy (non-hydrogen) atoms. The molecule has 0 aromatic heterocycles. The summed E-state index contributed by atoms with van der Waals surface area (Å²) in [6, 6.07) is 7.52. The van der Waals surface area contributed by atoms with Crippen molar-refractivity contribution in [3.63, 3.8) is 0 Å². The van der Waals surface area contributed by atoms with Gasteiger partial charge in [-0.05, 0) is 30.9 Å². The summed E-state index contributed by atoms with van der Waals surface area (Å²) in [5.41, 5.74) is 7.44. The number of hydrogen-bond donors (Lipinski definition) is 2. The molecule has 0 aliphatic carbocycles. The topological polar surface area (TPSA) is 102 Å². The molecule has 7 heteroatoms. The van der Waals surface area contributed by atoms with Gasteiger partial charge in [0.15, 0.2) is 0 Å². The maximum atomic E-state index is 12.3. The normalized spacial score (nSPS) is 17.0. The van der Waals surface area contributed by atoms with Crippen LogP contribution in [0.4, 0.5) is 0 Å². The van der Waals surface area contributed by atoms with Crippen molar-refractivity contribution in [2.24, 2.45) is 11.7 Å². The van der Waals surface area contributed by atoms with Gasteiger partial charge < -0.3 is 20.7 Å². The van der Waals surface area contributed by atoms with Crippen LogP contribution in [-0.4, -0.2) is 42.4 Å². The van der Waals surface area contributed by atoms with Crippen LogP contribution in [0.5, 0.6) is 0 Å². The van der Waals surface area contributed by atoms with Crippen LogP contribution in [0.2, 0.25) is 0 Å². The lowest BCUT2D eigenvalue weighted by Crippen LogP contribution is -2.48. The van der Waals surface area contributed by atoms with Crippen LogP contribution < -0.4 is 11.1 Å². The number of esters is 1. The lowest BCUT2D eigenvalue weighted by Gasteiger charge is -2.31. The molecule has 2 amide bonds. The Kier molecular flexibility index (Phi) is 6.94. The molecule has 0 radical (unpaired) electrons. The second kappa shape index (κ2) is 9.17. The molecule has 1 aliphatic rings. The summed E-state index contributed by atoms with van der Waals surface area (Å²) < 4.78 is 5.01. The number of carbonyl (C=O) groups excluding carboxylic acids is 3. The molecule has 1 aromatic carbocycles. The monoisotopic (exact) mass is 347 g/mol. The number of carbonyl (C=O) groups is 3. The van der Waals surface area contributed by atoms with E-state index in [0.29, 0.717) is 32.5 Å². The lowest BCUT2D eigenvalue weighted by atomic mass is 9.98. The summed E-state index contributed by atoms with van der Waals surface area (Å²) in [4.78, 5) is 37.7. The third-order valence-corrected chi connectivity index (χ3v) is 4.20. The summed E-state index contributed by atoms with van der Waals surface area (Å²) in [6.45, 7) is 3.44. The average Bonchev–Trinajstić information content (AvgIpc) is 2.66. The van der Waals surface area contributed by atoms with Crippen LogP contribution in [0.15, 0.2) is 24.3 Å². The third kappa shape index (κ3) is 5.29. The Morgan fingerprint density at radius 3 is 2.80 bits per heavy atom. The number of hydrogen-bond acceptors (Lipinski definition) is 5. The number of rotatable bonds is 5. The summed E-state index contributed by atoms with van der Waals surface area (Å²) in [5, 5.41) is 2.63. The number of nitrogens with zero attached hydrogens (tertiary/aromatic N) is 1. The Labute approximate surface area is 147 Å². The summed E-state index contributed by atoms with van der Waals surface area (Å²) >= 11 is 0. The van der Waals surface area contributed by atoms with Gasteiger partial charge in [0.05, 0.1) is 12.5 Å². The van der Waals surface area contributed by atoms with E-state index in [0.717, 1.165) is 11.1 Å². The Balaban J connectivity index is 1.88. The van der Waals surface area contributed by atoms with Gasteiger partial charge in [0, 0.05) is 26.2 Å². The standard InChI is InChI=1S/C18H25N3O4/c1-2-25-18(24)15-7-4-8-21(12-15)17(23)16(22)20-11-14-6-3-5-13(9-14)10-19/h3,5-6,9,15H,2,4,7-8,10-12,19H2,1H3,(H,20,22). The quantitative estimate of drug-likeness (QED) is 0.599. The number of amides is 2. The van der Waals surface area contributed by atoms with Gasteiger partial charge in [0.1, 0.15) is 0 Å². The number of ether oxygens (including phenoxy) is 1. The summed E-state index contributed by atoms with van der Waals surface area (Å²) in [6.07, 6.45) is 1.36. The van der Waals surface area contributed by atoms with Gasteiger partial charge in [-0.15, -0.1) is 0 Å². The van der Waals surface area contributed by atoms with Gasteiger partial charge in [-0.3, -0.25) is 14.4 Å². The fourth-order valence-corrected chi connectivity index (χ4v) is 2.88. The van der Waals surface area contributed by atoms with Crippen molar-refractivity contribution in [1.29, 1.82) is 0 Å². The van der Waals surface area contributed by atoms with Crippen LogP contribution in [-0.2, 0) is 32.2 Å². The van der Waals surface area contributed by atoms with Crippen LogP contribution >= 0.6 is 0 Å². The molecule has 1 atom stereocenters. The maximum Gasteiger partial charge on any atom is 0.311 e. The second-order valence-electron chi connectivity index (χ2n) is 6.05. The zero-order chi connectivity index (χ0) is 18.2. The van der Waals surface area contributed by atoms with Crippen molar-refractivity contribution in [1.82, 2.24) is 10.2 Å². The molecule has 3 N–H and O–H groups in total. The molecule has 0 saturated carbocycles. The van der Waals surface area contributed by atoms with Crippen molar-refractivity contribution in [3.8, 4) is 0 Å². The zero-order valence-electron chi connectivity index (χ0n) is 14.5. The Hall–Kier alpha value is -2.41. The van der Waals surface area contributed by atoms with E-state index in [9.17, 15) is 14.4 Å². The van der Waals surface area contributed by atoms with Crippen molar-refractivity contribution in [2.45, 2.75) is 32.9 Å². The Bertz CT molecular complexity index is 633. The Morgan fingerprint density at radius 2 is 2.08 bits per heavy atom. The van der Waals surface area contributed by atoms with Gasteiger partial charge >= 0.3 is 17.8 Å². The molecular weight excluding hydrogens is 322 g/mol. The van der Waals surface area contributed by atoms with E-state index in [4.69, 9.17) is 10.5 Å². The minimum atomic E-state index is -0.664. The fourth-order valence-electron chi connectivity index (χ4n) is 2.88. The van der Waals surface area contributed by atoms with E-state index in [-0.39, 0.29) is 25.0 Å². The molecule has 1 fully saturated rings. The average molecular weight is 347 g/mol. The van der Waals surface area contributed by atoms with E-state index in [1.807, 2.05) is 24.3 Å². The van der Waals surface area contributed by atoms with Gasteiger partial charge in [-0.2, -0.15) is 0 Å². The molecule has 1 heterocycles. The first-order chi connectivity index (χ1) is 12.0. The van der Waals surface area contributed by atoms with E-state index in [1.165, 1.54) is 4.90 Å². The highest BCUT2D eigenvalue weighted by atomic mass is 16.5. The van der Waals surface area contributed by atoms with E-state index in [2.05, 4.69) is 5.32 Å². The van der Waals surface area contributed by atoms with E-state index in [1.54, 1.807) is 6.92 Å². The van der Waals surface area contributed by atoms with E-state index < -0.39 is 11.8 Å². The number of likely N-dealkylation sites (tertiary alicyclic amines) is 1. The van der Waals surface area contributed by atoms with Crippen molar-refractivity contribution in [2.75, 3.05) is 19.7 Å². The number of nitrogens with one attached hydrogen (secondary N) is 1. The van der Waals surface area contributed by atoms with Crippen LogP contribution in [0.3, 0.4) is 0 Å². The van der Waals surface area contributed by atoms with Crippen LogP contribution in [0, 0.1) is 5.92 Å². The molecule has 1 aliphatic heterocycles. The number of nitrogens with two attached hydrogens (primary N) is 1. The fraction of sp³-hybridized carbons (Fsp3) is 0.500. The molecule has 1 aromatic rings. The highest BCUT2D eigenvalue weighted by molar-refractivity contribution is 6.35. The summed E-state index contributed by atoms with van der Waals surface area (Å²) in [7, 11) is 0. The molecular formula is C18H25N3O4. The molecule has 136 valence electrons. The highest BCUT2D eigenvalue weighted by Gasteiger charge is 2.31. The minimum Gasteiger partial charge on any atom is -0.466 e. The zero-order valence-corrected chi connectivity index (χ0v) is 14.5. The highest BCUT2D eigenvalue weighted by Crippen LogP contribution is 2.18. The number of piperidine rings is 1. The molecule has 2 rings (SSSR count). The smallest absolute Gasteiger partial charge is 0.311 e. The van der Waals surface area contributed by atoms with Crippen molar-refractivity contribution < 1.29 is 19.1 Å².